The van der Waals surface area contributed by atoms with Gasteiger partial charge in [-0.25, -0.2) is 14.6 Å². The van der Waals surface area contributed by atoms with Gasteiger partial charge in [-0.05, 0) is 36.6 Å². The first-order valence-corrected chi connectivity index (χ1v) is 12.0. The van der Waals surface area contributed by atoms with Crippen LogP contribution in [0.3, 0.4) is 0 Å². The van der Waals surface area contributed by atoms with E-state index in [0.29, 0.717) is 23.8 Å². The van der Waals surface area contributed by atoms with Gasteiger partial charge in [-0.15, -0.1) is 11.3 Å². The molecule has 4 aromatic rings. The van der Waals surface area contributed by atoms with Crippen LogP contribution in [0, 0.1) is 0 Å². The van der Waals surface area contributed by atoms with E-state index < -0.39 is 18.1 Å². The number of thiazole rings is 1. The molecule has 0 radical (unpaired) electrons. The molecule has 178 valence electrons. The van der Waals surface area contributed by atoms with Crippen molar-refractivity contribution < 1.29 is 24.2 Å². The first-order valence-electron chi connectivity index (χ1n) is 11.1. The summed E-state index contributed by atoms with van der Waals surface area (Å²) in [6, 6.07) is 15.8. The summed E-state index contributed by atoms with van der Waals surface area (Å²) in [7, 11) is 0. The van der Waals surface area contributed by atoms with Crippen molar-refractivity contribution in [2.45, 2.75) is 25.5 Å². The number of anilines is 1. The standard InChI is InChI=1S/C25H22N4O5S/c30-22(21-7-4-10-29(21)25(33)34-13-15-5-2-1-3-6-15)28-24-27-20(14-35-24)16-8-9-18-17(11-16)12-19(26-18)23(31)32/h1-3,5-6,8-9,11-12,14,21,26H,4,7,10,13H2,(H,31,32)(H,27,28,30)/t21-/m0/s1. The Balaban J connectivity index is 1.24. The first kappa shape index (κ1) is 22.6. The van der Waals surface area contributed by atoms with Crippen LogP contribution in [-0.4, -0.2) is 50.5 Å². The van der Waals surface area contributed by atoms with Crippen molar-refractivity contribution in [2.24, 2.45) is 0 Å². The number of benzene rings is 2. The van der Waals surface area contributed by atoms with Gasteiger partial charge in [-0.1, -0.05) is 36.4 Å². The van der Waals surface area contributed by atoms with Gasteiger partial charge < -0.3 is 20.1 Å². The topological polar surface area (TPSA) is 125 Å². The molecule has 0 aliphatic carbocycles. The number of hydrogen-bond acceptors (Lipinski definition) is 6. The van der Waals surface area contributed by atoms with Crippen LogP contribution in [0.4, 0.5) is 9.93 Å². The lowest BCUT2D eigenvalue weighted by Crippen LogP contribution is -2.43. The largest absolute Gasteiger partial charge is 0.477 e. The quantitative estimate of drug-likeness (QED) is 0.359. The molecule has 35 heavy (non-hydrogen) atoms. The fraction of sp³-hybridized carbons (Fsp3) is 0.200. The molecule has 2 aromatic carbocycles. The Kier molecular flexibility index (Phi) is 6.19. The highest BCUT2D eigenvalue weighted by atomic mass is 32.1. The summed E-state index contributed by atoms with van der Waals surface area (Å²) in [5.74, 6) is -1.32. The van der Waals surface area contributed by atoms with E-state index in [2.05, 4.69) is 15.3 Å². The summed E-state index contributed by atoms with van der Waals surface area (Å²) < 4.78 is 5.41. The van der Waals surface area contributed by atoms with E-state index >= 15 is 0 Å². The Morgan fingerprint density at radius 3 is 2.80 bits per heavy atom. The Bertz CT molecular complexity index is 1400. The second-order valence-corrected chi connectivity index (χ2v) is 9.07. The monoisotopic (exact) mass is 490 g/mol. The van der Waals surface area contributed by atoms with Crippen molar-refractivity contribution in [3.63, 3.8) is 0 Å². The zero-order valence-corrected chi connectivity index (χ0v) is 19.4. The molecule has 0 unspecified atom stereocenters. The number of aromatic nitrogens is 2. The second kappa shape index (κ2) is 9.59. The molecule has 1 saturated heterocycles. The van der Waals surface area contributed by atoms with Crippen LogP contribution < -0.4 is 5.32 Å². The van der Waals surface area contributed by atoms with E-state index in [4.69, 9.17) is 9.84 Å². The molecule has 9 nitrogen and oxygen atoms in total. The van der Waals surface area contributed by atoms with Crippen molar-refractivity contribution in [2.75, 3.05) is 11.9 Å². The van der Waals surface area contributed by atoms with Crippen LogP contribution in [0.1, 0.15) is 28.9 Å². The predicted molar refractivity (Wildman–Crippen MR) is 131 cm³/mol. The molecule has 5 rings (SSSR count). The number of amides is 2. The molecule has 2 aromatic heterocycles. The minimum atomic E-state index is -1.02. The van der Waals surface area contributed by atoms with E-state index in [1.807, 2.05) is 47.8 Å². The summed E-state index contributed by atoms with van der Waals surface area (Å²) in [4.78, 5) is 45.6. The second-order valence-electron chi connectivity index (χ2n) is 8.21. The Morgan fingerprint density at radius 1 is 1.17 bits per heavy atom. The Labute approximate surface area is 204 Å². The third-order valence-corrected chi connectivity index (χ3v) is 6.63. The summed E-state index contributed by atoms with van der Waals surface area (Å²) in [6.07, 6.45) is 0.767. The van der Waals surface area contributed by atoms with Gasteiger partial charge >= 0.3 is 12.1 Å². The normalized spacial score (nSPS) is 15.3. The highest BCUT2D eigenvalue weighted by Crippen LogP contribution is 2.29. The van der Waals surface area contributed by atoms with Crippen LogP contribution >= 0.6 is 11.3 Å². The number of nitrogens with zero attached hydrogens (tertiary/aromatic N) is 2. The molecule has 0 bridgehead atoms. The number of carboxylic acid groups (broad SMARTS) is 1. The van der Waals surface area contributed by atoms with Crippen molar-refractivity contribution in [1.29, 1.82) is 0 Å². The number of carbonyl (C=O) groups is 3. The average Bonchev–Trinajstić information content (AvgIpc) is 3.62. The van der Waals surface area contributed by atoms with E-state index in [1.54, 1.807) is 12.1 Å². The number of aromatic amines is 1. The molecule has 1 atom stereocenters. The molecule has 0 saturated carbocycles. The van der Waals surface area contributed by atoms with Gasteiger partial charge in [-0.2, -0.15) is 0 Å². The van der Waals surface area contributed by atoms with Gasteiger partial charge in [0.15, 0.2) is 5.13 Å². The summed E-state index contributed by atoms with van der Waals surface area (Å²) >= 11 is 1.28. The maximum atomic E-state index is 12.9. The van der Waals surface area contributed by atoms with Crippen LogP contribution in [-0.2, 0) is 16.1 Å². The fourth-order valence-electron chi connectivity index (χ4n) is 4.12. The number of carbonyl (C=O) groups excluding carboxylic acids is 2. The van der Waals surface area contributed by atoms with Crippen molar-refractivity contribution in [1.82, 2.24) is 14.9 Å². The van der Waals surface area contributed by atoms with Crippen LogP contribution in [0.25, 0.3) is 22.2 Å². The first-order chi connectivity index (χ1) is 17.0. The number of H-pyrrole nitrogens is 1. The summed E-state index contributed by atoms with van der Waals surface area (Å²) in [6.45, 7) is 0.615. The van der Waals surface area contributed by atoms with E-state index in [0.717, 1.165) is 28.5 Å². The number of likely N-dealkylation sites (tertiary alicyclic amines) is 1. The fourth-order valence-corrected chi connectivity index (χ4v) is 4.84. The van der Waals surface area contributed by atoms with Crippen molar-refractivity contribution in [3.05, 3.63) is 71.2 Å². The Morgan fingerprint density at radius 2 is 2.00 bits per heavy atom. The van der Waals surface area contributed by atoms with Crippen LogP contribution in [0.15, 0.2) is 60.0 Å². The predicted octanol–water partition coefficient (Wildman–Crippen LogP) is 4.73. The summed E-state index contributed by atoms with van der Waals surface area (Å²) in [5, 5.41) is 15.0. The number of fused-ring (bicyclic) bond motifs is 1. The molecule has 1 aliphatic rings. The average molecular weight is 491 g/mol. The van der Waals surface area contributed by atoms with Gasteiger partial charge in [0.05, 0.1) is 5.69 Å². The van der Waals surface area contributed by atoms with Crippen LogP contribution in [0.2, 0.25) is 0 Å². The molecule has 1 fully saturated rings. The molecule has 1 aliphatic heterocycles. The Hall–Kier alpha value is -4.18. The number of hydrogen-bond donors (Lipinski definition) is 3. The number of carboxylic acids is 1. The minimum absolute atomic E-state index is 0.117. The number of nitrogens with one attached hydrogen (secondary N) is 2. The summed E-state index contributed by atoms with van der Waals surface area (Å²) in [5.41, 5.74) is 3.18. The lowest BCUT2D eigenvalue weighted by molar-refractivity contribution is -0.120. The number of aromatic carboxylic acids is 1. The van der Waals surface area contributed by atoms with Gasteiger partial charge in [0.2, 0.25) is 5.91 Å². The third kappa shape index (κ3) is 4.87. The van der Waals surface area contributed by atoms with Crippen molar-refractivity contribution in [3.8, 4) is 11.3 Å². The molecular formula is C25H22N4O5S. The smallest absolute Gasteiger partial charge is 0.410 e. The maximum absolute atomic E-state index is 12.9. The third-order valence-electron chi connectivity index (χ3n) is 5.88. The molecule has 10 heteroatoms. The number of rotatable bonds is 6. The maximum Gasteiger partial charge on any atom is 0.410 e. The van der Waals surface area contributed by atoms with Crippen molar-refractivity contribution >= 4 is 45.3 Å². The zero-order chi connectivity index (χ0) is 24.4. The van der Waals surface area contributed by atoms with Gasteiger partial charge in [0.1, 0.15) is 18.3 Å². The highest BCUT2D eigenvalue weighted by Gasteiger charge is 2.35. The van der Waals surface area contributed by atoms with Gasteiger partial charge in [-0.3, -0.25) is 9.69 Å². The molecule has 3 N–H and O–H groups in total. The SMILES string of the molecule is O=C(O)c1cc2cc(-c3csc(NC(=O)[C@@H]4CCCN4C(=O)OCc4ccccc4)n3)ccc2[nH]1. The minimum Gasteiger partial charge on any atom is -0.477 e. The molecule has 3 heterocycles. The van der Waals surface area contributed by atoms with E-state index in [-0.39, 0.29) is 18.2 Å². The number of ether oxygens (including phenoxy) is 1. The lowest BCUT2D eigenvalue weighted by Gasteiger charge is -2.22. The zero-order valence-electron chi connectivity index (χ0n) is 18.6. The van der Waals surface area contributed by atoms with E-state index in [9.17, 15) is 14.4 Å². The van der Waals surface area contributed by atoms with Gasteiger partial charge in [0.25, 0.3) is 0 Å². The van der Waals surface area contributed by atoms with E-state index in [1.165, 1.54) is 16.2 Å². The van der Waals surface area contributed by atoms with Crippen LogP contribution in [0.5, 0.6) is 0 Å². The lowest BCUT2D eigenvalue weighted by atomic mass is 10.1. The molecular weight excluding hydrogens is 468 g/mol. The van der Waals surface area contributed by atoms with Gasteiger partial charge in [0, 0.05) is 28.4 Å². The molecule has 0 spiro atoms. The highest BCUT2D eigenvalue weighted by molar-refractivity contribution is 7.14. The molecule has 2 amide bonds.